The molecule has 0 atom stereocenters. The predicted molar refractivity (Wildman–Crippen MR) is 62.1 cm³/mol. The van der Waals surface area contributed by atoms with Gasteiger partial charge in [-0.15, -0.1) is 0 Å². The summed E-state index contributed by atoms with van der Waals surface area (Å²) in [6.07, 6.45) is 0. The summed E-state index contributed by atoms with van der Waals surface area (Å²) in [5.41, 5.74) is 1.53. The summed E-state index contributed by atoms with van der Waals surface area (Å²) in [5, 5.41) is 0.592. The maximum Gasteiger partial charge on any atom is 0.159 e. The summed E-state index contributed by atoms with van der Waals surface area (Å²) in [5.74, 6) is 0.946. The van der Waals surface area contributed by atoms with Crippen LogP contribution < -0.4 is 4.74 Å². The first kappa shape index (κ1) is 12.1. The lowest BCUT2D eigenvalue weighted by atomic mass is 9.99. The zero-order valence-electron chi connectivity index (χ0n) is 9.43. The van der Waals surface area contributed by atoms with Crippen LogP contribution in [0.5, 0.6) is 5.75 Å². The molecule has 3 heteroatoms. The molecule has 1 rings (SSSR count). The van der Waals surface area contributed by atoms with Crippen molar-refractivity contribution in [2.75, 3.05) is 7.11 Å². The van der Waals surface area contributed by atoms with Gasteiger partial charge >= 0.3 is 0 Å². The number of rotatable bonds is 3. The summed E-state index contributed by atoms with van der Waals surface area (Å²) in [6, 6.07) is 3.44. The van der Waals surface area contributed by atoms with Crippen LogP contribution in [0.4, 0.5) is 0 Å². The summed E-state index contributed by atoms with van der Waals surface area (Å²) in [4.78, 5) is 11.2. The summed E-state index contributed by atoms with van der Waals surface area (Å²) >= 11 is 6.12. The lowest BCUT2D eigenvalue weighted by Gasteiger charge is -2.14. The third kappa shape index (κ3) is 2.51. The molecule has 1 aromatic carbocycles. The summed E-state index contributed by atoms with van der Waals surface area (Å²) in [6.45, 7) is 5.59. The zero-order chi connectivity index (χ0) is 11.6. The van der Waals surface area contributed by atoms with E-state index in [4.69, 9.17) is 16.3 Å². The van der Waals surface area contributed by atoms with Gasteiger partial charge in [-0.1, -0.05) is 25.4 Å². The molecule has 0 radical (unpaired) electrons. The number of methoxy groups -OCH3 is 1. The Morgan fingerprint density at radius 2 is 2.00 bits per heavy atom. The van der Waals surface area contributed by atoms with E-state index in [0.717, 1.165) is 5.56 Å². The molecule has 82 valence electrons. The molecule has 1 aromatic rings. The van der Waals surface area contributed by atoms with Crippen molar-refractivity contribution in [1.29, 1.82) is 0 Å². The van der Waals surface area contributed by atoms with E-state index in [9.17, 15) is 4.79 Å². The van der Waals surface area contributed by atoms with Crippen LogP contribution in [0.2, 0.25) is 5.02 Å². The van der Waals surface area contributed by atoms with Crippen molar-refractivity contribution in [2.24, 2.45) is 0 Å². The van der Waals surface area contributed by atoms with Crippen molar-refractivity contribution in [3.05, 3.63) is 28.3 Å². The number of carbonyl (C=O) groups excluding carboxylic acids is 1. The number of Topliss-reactive ketones (excluding diaryl/α,β-unsaturated/α-hetero) is 1. The van der Waals surface area contributed by atoms with E-state index in [1.165, 1.54) is 6.92 Å². The van der Waals surface area contributed by atoms with Crippen LogP contribution >= 0.6 is 11.6 Å². The molecule has 0 aliphatic heterocycles. The SMILES string of the molecule is COc1cc(C(C)=O)cc(Cl)c1C(C)C. The Balaban J connectivity index is 3.37. The predicted octanol–water partition coefficient (Wildman–Crippen LogP) is 3.67. The monoisotopic (exact) mass is 226 g/mol. The molecule has 0 fully saturated rings. The Bertz CT molecular complexity index is 383. The van der Waals surface area contributed by atoms with Crippen molar-refractivity contribution >= 4 is 17.4 Å². The molecule has 0 aliphatic carbocycles. The maximum atomic E-state index is 11.2. The van der Waals surface area contributed by atoms with Crippen molar-refractivity contribution in [1.82, 2.24) is 0 Å². The zero-order valence-corrected chi connectivity index (χ0v) is 10.2. The van der Waals surface area contributed by atoms with Crippen molar-refractivity contribution in [2.45, 2.75) is 26.7 Å². The lowest BCUT2D eigenvalue weighted by molar-refractivity contribution is 0.101. The van der Waals surface area contributed by atoms with E-state index < -0.39 is 0 Å². The number of hydrogen-bond acceptors (Lipinski definition) is 2. The molecule has 0 amide bonds. The molecule has 0 N–H and O–H groups in total. The average Bonchev–Trinajstić information content (AvgIpc) is 2.15. The average molecular weight is 227 g/mol. The second-order valence-electron chi connectivity index (χ2n) is 3.78. The van der Waals surface area contributed by atoms with Crippen molar-refractivity contribution in [3.63, 3.8) is 0 Å². The van der Waals surface area contributed by atoms with Gasteiger partial charge in [0, 0.05) is 16.1 Å². The third-order valence-corrected chi connectivity index (χ3v) is 2.61. The van der Waals surface area contributed by atoms with E-state index in [-0.39, 0.29) is 11.7 Å². The van der Waals surface area contributed by atoms with Gasteiger partial charge < -0.3 is 4.74 Å². The van der Waals surface area contributed by atoms with E-state index in [1.807, 2.05) is 13.8 Å². The minimum Gasteiger partial charge on any atom is -0.496 e. The first-order chi connectivity index (χ1) is 6.97. The highest BCUT2D eigenvalue weighted by Crippen LogP contribution is 2.34. The highest BCUT2D eigenvalue weighted by atomic mass is 35.5. The fourth-order valence-electron chi connectivity index (χ4n) is 1.53. The van der Waals surface area contributed by atoms with E-state index in [2.05, 4.69) is 0 Å². The standard InChI is InChI=1S/C12H15ClO2/c1-7(2)12-10(13)5-9(8(3)14)6-11(12)15-4/h5-7H,1-4H3. The van der Waals surface area contributed by atoms with Gasteiger partial charge in [0.1, 0.15) is 5.75 Å². The quantitative estimate of drug-likeness (QED) is 0.735. The van der Waals surface area contributed by atoms with Crippen LogP contribution in [0.15, 0.2) is 12.1 Å². The summed E-state index contributed by atoms with van der Waals surface area (Å²) in [7, 11) is 1.58. The topological polar surface area (TPSA) is 26.3 Å². The fraction of sp³-hybridized carbons (Fsp3) is 0.417. The lowest BCUT2D eigenvalue weighted by Crippen LogP contribution is -2.00. The molecule has 0 saturated heterocycles. The number of halogens is 1. The highest BCUT2D eigenvalue weighted by molar-refractivity contribution is 6.32. The Morgan fingerprint density at radius 1 is 1.40 bits per heavy atom. The fourth-order valence-corrected chi connectivity index (χ4v) is 1.95. The molecule has 2 nitrogen and oxygen atoms in total. The summed E-state index contributed by atoms with van der Waals surface area (Å²) < 4.78 is 5.24. The van der Waals surface area contributed by atoms with Crippen LogP contribution in [-0.4, -0.2) is 12.9 Å². The minimum absolute atomic E-state index is 0.00879. The van der Waals surface area contributed by atoms with Gasteiger partial charge in [0.2, 0.25) is 0 Å². The van der Waals surface area contributed by atoms with Crippen LogP contribution in [0.3, 0.4) is 0 Å². The second-order valence-corrected chi connectivity index (χ2v) is 4.19. The van der Waals surface area contributed by atoms with Gasteiger partial charge in [-0.3, -0.25) is 4.79 Å². The van der Waals surface area contributed by atoms with Crippen molar-refractivity contribution < 1.29 is 9.53 Å². The first-order valence-electron chi connectivity index (χ1n) is 4.85. The first-order valence-corrected chi connectivity index (χ1v) is 5.23. The number of carbonyl (C=O) groups is 1. The van der Waals surface area contributed by atoms with Gasteiger partial charge in [0.05, 0.1) is 7.11 Å². The van der Waals surface area contributed by atoms with Gasteiger partial charge in [-0.25, -0.2) is 0 Å². The molecule has 0 unspecified atom stereocenters. The molecule has 0 aliphatic rings. The second kappa shape index (κ2) is 4.67. The molecular weight excluding hydrogens is 212 g/mol. The smallest absolute Gasteiger partial charge is 0.159 e. The molecule has 15 heavy (non-hydrogen) atoms. The highest BCUT2D eigenvalue weighted by Gasteiger charge is 2.14. The van der Waals surface area contributed by atoms with E-state index >= 15 is 0 Å². The van der Waals surface area contributed by atoms with Gasteiger partial charge in [0.25, 0.3) is 0 Å². The number of benzene rings is 1. The Labute approximate surface area is 95.2 Å². The maximum absolute atomic E-state index is 11.2. The van der Waals surface area contributed by atoms with Crippen LogP contribution in [0, 0.1) is 0 Å². The van der Waals surface area contributed by atoms with Crippen LogP contribution in [0.1, 0.15) is 42.6 Å². The Kier molecular flexibility index (Phi) is 3.75. The largest absolute Gasteiger partial charge is 0.496 e. The minimum atomic E-state index is -0.00879. The third-order valence-electron chi connectivity index (χ3n) is 2.30. The Hall–Kier alpha value is -1.02. The molecule has 0 spiro atoms. The molecule has 0 saturated carbocycles. The normalized spacial score (nSPS) is 10.5. The van der Waals surface area contributed by atoms with E-state index in [0.29, 0.717) is 16.3 Å². The van der Waals surface area contributed by atoms with Crippen LogP contribution in [0.25, 0.3) is 0 Å². The number of hydrogen-bond donors (Lipinski definition) is 0. The van der Waals surface area contributed by atoms with E-state index in [1.54, 1.807) is 19.2 Å². The molecular formula is C12H15ClO2. The molecule has 0 aromatic heterocycles. The van der Waals surface area contributed by atoms with Crippen LogP contribution in [-0.2, 0) is 0 Å². The van der Waals surface area contributed by atoms with Gasteiger partial charge in [-0.05, 0) is 25.0 Å². The number of ether oxygens (including phenoxy) is 1. The molecule has 0 bridgehead atoms. The van der Waals surface area contributed by atoms with Gasteiger partial charge in [0.15, 0.2) is 5.78 Å². The van der Waals surface area contributed by atoms with Crippen molar-refractivity contribution in [3.8, 4) is 5.75 Å². The number of ketones is 1. The molecule has 0 heterocycles. The van der Waals surface area contributed by atoms with Gasteiger partial charge in [-0.2, -0.15) is 0 Å². The Morgan fingerprint density at radius 3 is 2.40 bits per heavy atom.